The molecule has 0 aliphatic carbocycles. The largest absolute Gasteiger partial charge is 0.358 e. The Balaban J connectivity index is 1.63. The quantitative estimate of drug-likeness (QED) is 0.670. The number of aryl methyl sites for hydroxylation is 1. The first-order valence-electron chi connectivity index (χ1n) is 9.57. The molecule has 0 bridgehead atoms. The summed E-state index contributed by atoms with van der Waals surface area (Å²) in [5, 5.41) is 6.62. The molecule has 0 saturated carbocycles. The zero-order valence-electron chi connectivity index (χ0n) is 16.8. The molecule has 1 atom stereocenters. The van der Waals surface area contributed by atoms with Crippen molar-refractivity contribution in [2.24, 2.45) is 0 Å². The van der Waals surface area contributed by atoms with E-state index in [2.05, 4.69) is 15.6 Å². The van der Waals surface area contributed by atoms with Gasteiger partial charge in [0.15, 0.2) is 0 Å². The van der Waals surface area contributed by atoms with Crippen LogP contribution in [0.15, 0.2) is 18.2 Å². The minimum atomic E-state index is -0.747. The third-order valence-corrected chi connectivity index (χ3v) is 5.29. The fraction of sp³-hybridized carbons (Fsp3) is 0.286. The van der Waals surface area contributed by atoms with Crippen LogP contribution >= 0.6 is 0 Å². The number of likely N-dealkylation sites (N-methyl/N-ethyl adjacent to an activating group) is 1. The molecular formula is C21H21FN4O4. The van der Waals surface area contributed by atoms with E-state index in [-0.39, 0.29) is 18.4 Å². The minimum Gasteiger partial charge on any atom is -0.358 e. The van der Waals surface area contributed by atoms with E-state index < -0.39 is 17.8 Å². The number of hydrogen-bond acceptors (Lipinski definition) is 4. The first kappa shape index (κ1) is 19.8. The molecule has 3 heterocycles. The van der Waals surface area contributed by atoms with Crippen molar-refractivity contribution in [1.82, 2.24) is 15.4 Å². The van der Waals surface area contributed by atoms with Gasteiger partial charge in [-0.05, 0) is 50.6 Å². The van der Waals surface area contributed by atoms with Crippen molar-refractivity contribution < 1.29 is 23.6 Å². The van der Waals surface area contributed by atoms with Crippen molar-refractivity contribution in [2.75, 3.05) is 18.5 Å². The number of H-pyrrole nitrogens is 1. The lowest BCUT2D eigenvalue weighted by Crippen LogP contribution is -2.42. The Bertz CT molecular complexity index is 1100. The van der Waals surface area contributed by atoms with Gasteiger partial charge in [0.25, 0.3) is 17.7 Å². The van der Waals surface area contributed by atoms with Crippen LogP contribution in [0.5, 0.6) is 0 Å². The molecule has 1 saturated heterocycles. The number of amides is 3. The molecule has 0 spiro atoms. The molecule has 9 heteroatoms. The number of hydroxylamine groups is 2. The Labute approximate surface area is 172 Å². The van der Waals surface area contributed by atoms with Gasteiger partial charge >= 0.3 is 0 Å². The monoisotopic (exact) mass is 412 g/mol. The third kappa shape index (κ3) is 3.26. The third-order valence-electron chi connectivity index (χ3n) is 5.29. The minimum absolute atomic E-state index is 0.0837. The van der Waals surface area contributed by atoms with Crippen LogP contribution in [0.2, 0.25) is 0 Å². The molecule has 2 aliphatic rings. The van der Waals surface area contributed by atoms with Crippen LogP contribution in [0.1, 0.15) is 39.8 Å². The van der Waals surface area contributed by atoms with Crippen LogP contribution in [-0.4, -0.2) is 47.0 Å². The fourth-order valence-electron chi connectivity index (χ4n) is 3.76. The SMILES string of the molecule is CCN1OC[C@@H](NC(=O)c2c(C)[nH]c(C=C3C(=O)Nc4ccc(F)cc43)c2C)C1=O. The fourth-order valence-corrected chi connectivity index (χ4v) is 3.76. The van der Waals surface area contributed by atoms with Gasteiger partial charge in [-0.15, -0.1) is 0 Å². The molecule has 3 amide bonds. The highest BCUT2D eigenvalue weighted by Gasteiger charge is 2.34. The highest BCUT2D eigenvalue weighted by atomic mass is 19.1. The lowest BCUT2D eigenvalue weighted by molar-refractivity contribution is -0.160. The lowest BCUT2D eigenvalue weighted by atomic mass is 10.0. The maximum Gasteiger partial charge on any atom is 0.271 e. The van der Waals surface area contributed by atoms with Crippen LogP contribution < -0.4 is 10.6 Å². The number of halogens is 1. The summed E-state index contributed by atoms with van der Waals surface area (Å²) < 4.78 is 13.7. The smallest absolute Gasteiger partial charge is 0.271 e. The number of benzene rings is 1. The highest BCUT2D eigenvalue weighted by Crippen LogP contribution is 2.34. The van der Waals surface area contributed by atoms with E-state index in [1.165, 1.54) is 23.3 Å². The van der Waals surface area contributed by atoms with Crippen molar-refractivity contribution >= 4 is 35.1 Å². The van der Waals surface area contributed by atoms with Gasteiger partial charge in [-0.3, -0.25) is 19.2 Å². The first-order valence-corrected chi connectivity index (χ1v) is 9.57. The average molecular weight is 412 g/mol. The van der Waals surface area contributed by atoms with Gasteiger partial charge in [0, 0.05) is 29.2 Å². The van der Waals surface area contributed by atoms with Gasteiger partial charge in [-0.1, -0.05) is 0 Å². The number of rotatable bonds is 4. The predicted octanol–water partition coefficient (Wildman–Crippen LogP) is 2.16. The molecule has 8 nitrogen and oxygen atoms in total. The van der Waals surface area contributed by atoms with E-state index in [0.29, 0.717) is 45.9 Å². The Morgan fingerprint density at radius 1 is 1.37 bits per heavy atom. The van der Waals surface area contributed by atoms with E-state index in [9.17, 15) is 18.8 Å². The molecule has 4 rings (SSSR count). The summed E-state index contributed by atoms with van der Waals surface area (Å²) in [6, 6.07) is 3.34. The number of carbonyl (C=O) groups excluding carboxylic acids is 3. The summed E-state index contributed by atoms with van der Waals surface area (Å²) in [6.45, 7) is 5.74. The Morgan fingerprint density at radius 2 is 2.13 bits per heavy atom. The second-order valence-electron chi connectivity index (χ2n) is 7.22. The zero-order chi connectivity index (χ0) is 21.6. The number of nitrogens with one attached hydrogen (secondary N) is 3. The molecule has 30 heavy (non-hydrogen) atoms. The highest BCUT2D eigenvalue weighted by molar-refractivity contribution is 6.34. The molecule has 1 fully saturated rings. The Hall–Kier alpha value is -3.46. The molecule has 1 aromatic carbocycles. The number of aromatic amines is 1. The van der Waals surface area contributed by atoms with E-state index in [1.807, 2.05) is 0 Å². The van der Waals surface area contributed by atoms with Crippen molar-refractivity contribution in [3.05, 3.63) is 52.1 Å². The van der Waals surface area contributed by atoms with Crippen LogP contribution in [0.3, 0.4) is 0 Å². The molecule has 156 valence electrons. The van der Waals surface area contributed by atoms with Gasteiger partial charge in [0.05, 0.1) is 11.1 Å². The van der Waals surface area contributed by atoms with Crippen molar-refractivity contribution in [3.8, 4) is 0 Å². The van der Waals surface area contributed by atoms with E-state index in [0.717, 1.165) is 0 Å². The van der Waals surface area contributed by atoms with Crippen LogP contribution in [-0.2, 0) is 14.4 Å². The van der Waals surface area contributed by atoms with E-state index in [4.69, 9.17) is 4.84 Å². The average Bonchev–Trinajstić information content (AvgIpc) is 3.30. The predicted molar refractivity (Wildman–Crippen MR) is 108 cm³/mol. The molecular weight excluding hydrogens is 391 g/mol. The topological polar surface area (TPSA) is 104 Å². The molecule has 1 aromatic heterocycles. The van der Waals surface area contributed by atoms with Gasteiger partial charge in [0.1, 0.15) is 18.5 Å². The number of nitrogens with zero attached hydrogens (tertiary/aromatic N) is 1. The summed E-state index contributed by atoms with van der Waals surface area (Å²) >= 11 is 0. The molecule has 3 N–H and O–H groups in total. The summed E-state index contributed by atoms with van der Waals surface area (Å²) in [5.41, 5.74) is 3.46. The maximum atomic E-state index is 13.7. The lowest BCUT2D eigenvalue weighted by Gasteiger charge is -2.12. The summed E-state index contributed by atoms with van der Waals surface area (Å²) in [7, 11) is 0. The number of aromatic nitrogens is 1. The Kier molecular flexibility index (Phi) is 4.90. The second kappa shape index (κ2) is 7.42. The normalized spacial score (nSPS) is 19.4. The van der Waals surface area contributed by atoms with Gasteiger partial charge in [0.2, 0.25) is 0 Å². The first-order chi connectivity index (χ1) is 14.3. The standard InChI is InChI=1S/C21H21FN4O4/c1-4-26-21(29)17(9-30-26)25-20(28)18-10(2)16(23-11(18)3)8-14-13-7-12(22)5-6-15(13)24-19(14)27/h5-8,17,23H,4,9H2,1-3H3,(H,24,27)(H,25,28)/t17-/m1/s1. The Morgan fingerprint density at radius 3 is 2.83 bits per heavy atom. The second-order valence-corrected chi connectivity index (χ2v) is 7.22. The zero-order valence-corrected chi connectivity index (χ0v) is 16.8. The van der Waals surface area contributed by atoms with Crippen LogP contribution in [0, 0.1) is 19.7 Å². The van der Waals surface area contributed by atoms with E-state index in [1.54, 1.807) is 26.8 Å². The summed E-state index contributed by atoms with van der Waals surface area (Å²) in [5.74, 6) is -1.49. The molecule has 0 radical (unpaired) electrons. The van der Waals surface area contributed by atoms with Crippen molar-refractivity contribution in [3.63, 3.8) is 0 Å². The number of hydrogen-bond donors (Lipinski definition) is 3. The van der Waals surface area contributed by atoms with Crippen molar-refractivity contribution in [1.29, 1.82) is 0 Å². The summed E-state index contributed by atoms with van der Waals surface area (Å²) in [4.78, 5) is 45.7. The van der Waals surface area contributed by atoms with E-state index >= 15 is 0 Å². The number of anilines is 1. The molecule has 2 aromatic rings. The van der Waals surface area contributed by atoms with Crippen LogP contribution in [0.25, 0.3) is 11.6 Å². The van der Waals surface area contributed by atoms with Gasteiger partial charge in [-0.2, -0.15) is 0 Å². The maximum absolute atomic E-state index is 13.7. The number of carbonyl (C=O) groups is 3. The number of fused-ring (bicyclic) bond motifs is 1. The summed E-state index contributed by atoms with van der Waals surface area (Å²) in [6.07, 6.45) is 1.60. The van der Waals surface area contributed by atoms with Crippen molar-refractivity contribution in [2.45, 2.75) is 26.8 Å². The van der Waals surface area contributed by atoms with Crippen LogP contribution in [0.4, 0.5) is 10.1 Å². The molecule has 2 aliphatic heterocycles. The van der Waals surface area contributed by atoms with Gasteiger partial charge < -0.3 is 15.6 Å². The van der Waals surface area contributed by atoms with Gasteiger partial charge in [-0.25, -0.2) is 9.45 Å². The molecule has 0 unspecified atom stereocenters.